The molecule has 148 valence electrons. The standard InChI is InChI=1S/C22H20FN3O3/c23-17-6-2-4-8-20(17)25-11-13-26(14-12-25)21(27)15-29-22(28)19-10-9-16-5-1-3-7-18(16)24-19/h1-10H,11-15H2. The van der Waals surface area contributed by atoms with Crippen LogP contribution < -0.4 is 4.90 Å². The third-order valence-corrected chi connectivity index (χ3v) is 4.96. The van der Waals surface area contributed by atoms with Gasteiger partial charge in [-0.2, -0.15) is 0 Å². The smallest absolute Gasteiger partial charge is 0.357 e. The largest absolute Gasteiger partial charge is 0.451 e. The molecule has 1 fully saturated rings. The summed E-state index contributed by atoms with van der Waals surface area (Å²) in [4.78, 5) is 32.4. The van der Waals surface area contributed by atoms with Crippen LogP contribution in [0.5, 0.6) is 0 Å². The van der Waals surface area contributed by atoms with Gasteiger partial charge in [0.2, 0.25) is 0 Å². The number of anilines is 1. The van der Waals surface area contributed by atoms with E-state index in [9.17, 15) is 14.0 Å². The Morgan fingerprint density at radius 1 is 0.931 bits per heavy atom. The number of ether oxygens (including phenoxy) is 1. The van der Waals surface area contributed by atoms with Crippen molar-refractivity contribution in [1.29, 1.82) is 0 Å². The predicted molar refractivity (Wildman–Crippen MR) is 107 cm³/mol. The van der Waals surface area contributed by atoms with E-state index < -0.39 is 5.97 Å². The Kier molecular flexibility index (Phi) is 5.37. The van der Waals surface area contributed by atoms with Crippen LogP contribution >= 0.6 is 0 Å². The maximum absolute atomic E-state index is 13.9. The van der Waals surface area contributed by atoms with Crippen molar-refractivity contribution < 1.29 is 18.7 Å². The lowest BCUT2D eigenvalue weighted by Crippen LogP contribution is -2.50. The molecule has 1 aromatic heterocycles. The van der Waals surface area contributed by atoms with Crippen LogP contribution in [0.25, 0.3) is 10.9 Å². The highest BCUT2D eigenvalue weighted by atomic mass is 19.1. The molecule has 29 heavy (non-hydrogen) atoms. The third kappa shape index (κ3) is 4.18. The first-order chi connectivity index (χ1) is 14.1. The number of rotatable bonds is 4. The van der Waals surface area contributed by atoms with Crippen molar-refractivity contribution in [1.82, 2.24) is 9.88 Å². The normalized spacial score (nSPS) is 14.1. The molecule has 0 unspecified atom stereocenters. The molecular weight excluding hydrogens is 373 g/mol. The van der Waals surface area contributed by atoms with E-state index in [0.29, 0.717) is 37.4 Å². The molecule has 1 aliphatic rings. The van der Waals surface area contributed by atoms with Crippen molar-refractivity contribution in [2.24, 2.45) is 0 Å². The summed E-state index contributed by atoms with van der Waals surface area (Å²) >= 11 is 0. The maximum atomic E-state index is 13.9. The van der Waals surface area contributed by atoms with Gasteiger partial charge < -0.3 is 14.5 Å². The molecule has 2 heterocycles. The minimum absolute atomic E-state index is 0.167. The lowest BCUT2D eigenvalue weighted by Gasteiger charge is -2.36. The summed E-state index contributed by atoms with van der Waals surface area (Å²) < 4.78 is 19.1. The molecule has 0 N–H and O–H groups in total. The fourth-order valence-electron chi connectivity index (χ4n) is 3.38. The zero-order chi connectivity index (χ0) is 20.2. The second-order valence-electron chi connectivity index (χ2n) is 6.78. The van der Waals surface area contributed by atoms with Crippen molar-refractivity contribution in [2.75, 3.05) is 37.7 Å². The second-order valence-corrected chi connectivity index (χ2v) is 6.78. The van der Waals surface area contributed by atoms with Gasteiger partial charge in [0.25, 0.3) is 5.91 Å². The van der Waals surface area contributed by atoms with Crippen molar-refractivity contribution in [2.45, 2.75) is 0 Å². The van der Waals surface area contributed by atoms with Crippen LogP contribution in [-0.4, -0.2) is 54.5 Å². The summed E-state index contributed by atoms with van der Waals surface area (Å²) in [7, 11) is 0. The average Bonchev–Trinajstić information content (AvgIpc) is 2.77. The van der Waals surface area contributed by atoms with Gasteiger partial charge in [-0.25, -0.2) is 14.2 Å². The highest BCUT2D eigenvalue weighted by molar-refractivity contribution is 5.92. The Morgan fingerprint density at radius 2 is 1.66 bits per heavy atom. The molecule has 0 radical (unpaired) electrons. The van der Waals surface area contributed by atoms with Crippen molar-refractivity contribution in [3.8, 4) is 0 Å². The second kappa shape index (κ2) is 8.26. The Hall–Kier alpha value is -3.48. The van der Waals surface area contributed by atoms with Gasteiger partial charge in [-0.3, -0.25) is 4.79 Å². The lowest BCUT2D eigenvalue weighted by molar-refractivity contribution is -0.134. The first-order valence-corrected chi connectivity index (χ1v) is 9.42. The highest BCUT2D eigenvalue weighted by Crippen LogP contribution is 2.20. The summed E-state index contributed by atoms with van der Waals surface area (Å²) in [5.74, 6) is -1.18. The van der Waals surface area contributed by atoms with Gasteiger partial charge in [-0.15, -0.1) is 0 Å². The van der Waals surface area contributed by atoms with Gasteiger partial charge >= 0.3 is 5.97 Å². The number of carbonyl (C=O) groups excluding carboxylic acids is 2. The first-order valence-electron chi connectivity index (χ1n) is 9.42. The summed E-state index contributed by atoms with van der Waals surface area (Å²) in [6.07, 6.45) is 0. The number of nitrogens with zero attached hydrogens (tertiary/aromatic N) is 3. The molecule has 0 atom stereocenters. The van der Waals surface area contributed by atoms with E-state index in [1.165, 1.54) is 6.07 Å². The summed E-state index contributed by atoms with van der Waals surface area (Å²) in [6.45, 7) is 1.59. The number of amides is 1. The van der Waals surface area contributed by atoms with Crippen molar-refractivity contribution in [3.05, 3.63) is 72.2 Å². The number of hydrogen-bond acceptors (Lipinski definition) is 5. The predicted octanol–water partition coefficient (Wildman–Crippen LogP) is 2.88. The lowest BCUT2D eigenvalue weighted by atomic mass is 10.2. The number of esters is 1. The Bertz CT molecular complexity index is 1050. The Morgan fingerprint density at radius 3 is 2.45 bits per heavy atom. The molecule has 6 nitrogen and oxygen atoms in total. The van der Waals surface area contributed by atoms with Crippen molar-refractivity contribution >= 4 is 28.5 Å². The minimum atomic E-state index is -0.630. The molecule has 1 aliphatic heterocycles. The fourth-order valence-corrected chi connectivity index (χ4v) is 3.38. The van der Waals surface area contributed by atoms with E-state index in [0.717, 1.165) is 5.39 Å². The van der Waals surface area contributed by atoms with Crippen LogP contribution in [0.15, 0.2) is 60.7 Å². The minimum Gasteiger partial charge on any atom is -0.451 e. The Labute approximate surface area is 167 Å². The number of piperazine rings is 1. The van der Waals surface area contributed by atoms with Crippen LogP contribution in [0.4, 0.5) is 10.1 Å². The van der Waals surface area contributed by atoms with Crippen LogP contribution in [0.1, 0.15) is 10.5 Å². The summed E-state index contributed by atoms with van der Waals surface area (Å²) in [5, 5.41) is 0.924. The topological polar surface area (TPSA) is 62.7 Å². The Balaban J connectivity index is 1.30. The van der Waals surface area contributed by atoms with Crippen LogP contribution in [0.2, 0.25) is 0 Å². The SMILES string of the molecule is O=C(OCC(=O)N1CCN(c2ccccc2F)CC1)c1ccc2ccccc2n1. The van der Waals surface area contributed by atoms with E-state index >= 15 is 0 Å². The first kappa shape index (κ1) is 18.9. The molecule has 1 saturated heterocycles. The number of hydrogen-bond donors (Lipinski definition) is 0. The molecule has 0 saturated carbocycles. The number of halogens is 1. The maximum Gasteiger partial charge on any atom is 0.357 e. The van der Waals surface area contributed by atoms with Gasteiger partial charge in [-0.05, 0) is 24.3 Å². The van der Waals surface area contributed by atoms with E-state index in [4.69, 9.17) is 4.74 Å². The quantitative estimate of drug-likeness (QED) is 0.638. The van der Waals surface area contributed by atoms with Gasteiger partial charge in [-0.1, -0.05) is 36.4 Å². The number of fused-ring (bicyclic) bond motifs is 1. The van der Waals surface area contributed by atoms with Gasteiger partial charge in [0, 0.05) is 31.6 Å². The zero-order valence-electron chi connectivity index (χ0n) is 15.8. The van der Waals surface area contributed by atoms with Gasteiger partial charge in [0.1, 0.15) is 11.5 Å². The fraction of sp³-hybridized carbons (Fsp3) is 0.227. The molecule has 2 aromatic carbocycles. The number of carbonyl (C=O) groups is 2. The number of pyridine rings is 1. The molecule has 0 aliphatic carbocycles. The molecule has 0 bridgehead atoms. The molecule has 0 spiro atoms. The van der Waals surface area contributed by atoms with Gasteiger partial charge in [0.05, 0.1) is 11.2 Å². The molecule has 1 amide bonds. The zero-order valence-corrected chi connectivity index (χ0v) is 15.8. The van der Waals surface area contributed by atoms with Crippen molar-refractivity contribution in [3.63, 3.8) is 0 Å². The molecular formula is C22H20FN3O3. The number of para-hydroxylation sites is 2. The number of aromatic nitrogens is 1. The molecule has 4 rings (SSSR count). The molecule has 3 aromatic rings. The third-order valence-electron chi connectivity index (χ3n) is 4.96. The molecule has 7 heteroatoms. The number of benzene rings is 2. The van der Waals surface area contributed by atoms with Crippen LogP contribution in [0, 0.1) is 5.82 Å². The summed E-state index contributed by atoms with van der Waals surface area (Å²) in [6, 6.07) is 17.4. The van der Waals surface area contributed by atoms with Crippen LogP contribution in [-0.2, 0) is 9.53 Å². The van der Waals surface area contributed by atoms with E-state index in [2.05, 4.69) is 4.98 Å². The van der Waals surface area contributed by atoms with Crippen LogP contribution in [0.3, 0.4) is 0 Å². The highest BCUT2D eigenvalue weighted by Gasteiger charge is 2.23. The van der Waals surface area contributed by atoms with E-state index in [-0.39, 0.29) is 24.0 Å². The van der Waals surface area contributed by atoms with E-state index in [1.807, 2.05) is 29.2 Å². The van der Waals surface area contributed by atoms with E-state index in [1.54, 1.807) is 35.2 Å². The monoisotopic (exact) mass is 393 g/mol. The van der Waals surface area contributed by atoms with Gasteiger partial charge in [0.15, 0.2) is 6.61 Å². The average molecular weight is 393 g/mol. The summed E-state index contributed by atoms with van der Waals surface area (Å²) in [5.41, 5.74) is 1.40.